The van der Waals surface area contributed by atoms with Crippen LogP contribution in [0, 0.1) is 0 Å². The SMILES string of the molecule is c1ccc(-c2ccc(N(c3ccc(-c4cccc(-n5c6ccccc6c6ccccc65)c4)c(-c4cccc(-c5ccccc5)c4)c3)c3ccc4ccccc4c3)cc2)cc1. The van der Waals surface area contributed by atoms with E-state index in [1.807, 2.05) is 0 Å². The molecule has 11 rings (SSSR count). The van der Waals surface area contributed by atoms with E-state index >= 15 is 0 Å². The second kappa shape index (κ2) is 15.1. The molecule has 11 aromatic rings. The topological polar surface area (TPSA) is 8.17 Å². The Morgan fingerprint density at radius 2 is 0.767 bits per heavy atom. The Bertz CT molecular complexity index is 3250. The number of benzene rings is 10. The molecule has 0 N–H and O–H groups in total. The van der Waals surface area contributed by atoms with Gasteiger partial charge in [-0.15, -0.1) is 0 Å². The van der Waals surface area contributed by atoms with Gasteiger partial charge in [0.25, 0.3) is 0 Å². The summed E-state index contributed by atoms with van der Waals surface area (Å²) in [7, 11) is 0. The van der Waals surface area contributed by atoms with Crippen LogP contribution in [0.15, 0.2) is 243 Å². The van der Waals surface area contributed by atoms with Crippen LogP contribution in [0.2, 0.25) is 0 Å². The van der Waals surface area contributed by atoms with E-state index in [-0.39, 0.29) is 0 Å². The normalized spacial score (nSPS) is 11.3. The third-order valence-corrected chi connectivity index (χ3v) is 11.8. The average molecular weight is 765 g/mol. The minimum absolute atomic E-state index is 1.08. The van der Waals surface area contributed by atoms with E-state index < -0.39 is 0 Å². The number of aromatic nitrogens is 1. The smallest absolute Gasteiger partial charge is 0.0541 e. The van der Waals surface area contributed by atoms with E-state index in [0.717, 1.165) is 39.4 Å². The Labute approximate surface area is 350 Å². The van der Waals surface area contributed by atoms with Gasteiger partial charge in [0.05, 0.1) is 11.0 Å². The minimum atomic E-state index is 1.08. The Balaban J connectivity index is 1.11. The molecule has 0 fully saturated rings. The van der Waals surface area contributed by atoms with Gasteiger partial charge in [0.15, 0.2) is 0 Å². The Morgan fingerprint density at radius 1 is 0.267 bits per heavy atom. The maximum absolute atomic E-state index is 2.40. The van der Waals surface area contributed by atoms with Gasteiger partial charge in [0.1, 0.15) is 0 Å². The van der Waals surface area contributed by atoms with Crippen LogP contribution in [0.25, 0.3) is 82.8 Å². The van der Waals surface area contributed by atoms with Crippen LogP contribution in [0.1, 0.15) is 0 Å². The second-order valence-electron chi connectivity index (χ2n) is 15.4. The number of rotatable bonds is 8. The van der Waals surface area contributed by atoms with Crippen molar-refractivity contribution >= 4 is 49.6 Å². The van der Waals surface area contributed by atoms with Gasteiger partial charge in [0.2, 0.25) is 0 Å². The van der Waals surface area contributed by atoms with Gasteiger partial charge in [-0.3, -0.25) is 0 Å². The zero-order chi connectivity index (χ0) is 39.8. The molecule has 2 heteroatoms. The summed E-state index contributed by atoms with van der Waals surface area (Å²) in [6.07, 6.45) is 0. The highest BCUT2D eigenvalue weighted by atomic mass is 15.1. The largest absolute Gasteiger partial charge is 0.310 e. The summed E-state index contributed by atoms with van der Waals surface area (Å²) in [5, 5.41) is 4.94. The molecule has 0 aliphatic carbocycles. The lowest BCUT2D eigenvalue weighted by Crippen LogP contribution is -2.10. The first kappa shape index (κ1) is 35.2. The number of fused-ring (bicyclic) bond motifs is 4. The lowest BCUT2D eigenvalue weighted by molar-refractivity contribution is 1.18. The Hall–Kier alpha value is -7.94. The monoisotopic (exact) mass is 764 g/mol. The molecule has 1 aromatic heterocycles. The number of hydrogen-bond donors (Lipinski definition) is 0. The van der Waals surface area contributed by atoms with Crippen molar-refractivity contribution in [1.29, 1.82) is 0 Å². The molecule has 282 valence electrons. The molecule has 0 atom stereocenters. The van der Waals surface area contributed by atoms with Gasteiger partial charge >= 0.3 is 0 Å². The Kier molecular flexibility index (Phi) is 8.87. The van der Waals surface area contributed by atoms with Gasteiger partial charge in [-0.2, -0.15) is 0 Å². The summed E-state index contributed by atoms with van der Waals surface area (Å²) < 4.78 is 2.40. The maximum atomic E-state index is 2.40. The highest BCUT2D eigenvalue weighted by Crippen LogP contribution is 2.43. The van der Waals surface area contributed by atoms with Crippen LogP contribution in [0.3, 0.4) is 0 Å². The van der Waals surface area contributed by atoms with E-state index in [2.05, 4.69) is 252 Å². The van der Waals surface area contributed by atoms with Crippen molar-refractivity contribution in [2.75, 3.05) is 4.90 Å². The van der Waals surface area contributed by atoms with Crippen molar-refractivity contribution in [1.82, 2.24) is 4.57 Å². The number of para-hydroxylation sites is 2. The van der Waals surface area contributed by atoms with Crippen molar-refractivity contribution < 1.29 is 0 Å². The standard InChI is InChI=1S/C58H40N2/c1-3-15-41(16-4-1)44-29-32-49(33-30-44)59(51-34-31-43-19-7-8-20-46(43)38-51)52-35-36-53(56(40-52)47-22-13-21-45(37-47)42-17-5-2-6-18-42)48-23-14-24-50(39-48)60-57-27-11-9-25-54(57)55-26-10-12-28-58(55)60/h1-40H. The average Bonchev–Trinajstić information content (AvgIpc) is 3.67. The van der Waals surface area contributed by atoms with E-state index in [1.165, 1.54) is 60.4 Å². The summed E-state index contributed by atoms with van der Waals surface area (Å²) in [5.74, 6) is 0. The summed E-state index contributed by atoms with van der Waals surface area (Å²) in [6, 6.07) is 88.0. The summed E-state index contributed by atoms with van der Waals surface area (Å²) >= 11 is 0. The fourth-order valence-electron chi connectivity index (χ4n) is 8.87. The molecule has 1 heterocycles. The van der Waals surface area contributed by atoms with Gasteiger partial charge in [0, 0.05) is 33.5 Å². The van der Waals surface area contributed by atoms with E-state index in [4.69, 9.17) is 0 Å². The molecule has 2 nitrogen and oxygen atoms in total. The van der Waals surface area contributed by atoms with Crippen LogP contribution in [0.4, 0.5) is 17.1 Å². The number of nitrogens with zero attached hydrogens (tertiary/aromatic N) is 2. The molecule has 0 radical (unpaired) electrons. The fraction of sp³-hybridized carbons (Fsp3) is 0. The maximum Gasteiger partial charge on any atom is 0.0541 e. The van der Waals surface area contributed by atoms with Crippen LogP contribution >= 0.6 is 0 Å². The van der Waals surface area contributed by atoms with Crippen LogP contribution in [0.5, 0.6) is 0 Å². The zero-order valence-electron chi connectivity index (χ0n) is 33.0. The lowest BCUT2D eigenvalue weighted by atomic mass is 9.91. The molecule has 0 saturated carbocycles. The quantitative estimate of drug-likeness (QED) is 0.150. The fourth-order valence-corrected chi connectivity index (χ4v) is 8.87. The third-order valence-electron chi connectivity index (χ3n) is 11.8. The summed E-state index contributed by atoms with van der Waals surface area (Å²) in [5.41, 5.74) is 16.2. The Morgan fingerprint density at radius 3 is 1.48 bits per heavy atom. The lowest BCUT2D eigenvalue weighted by Gasteiger charge is -2.27. The molecule has 0 aliphatic rings. The zero-order valence-corrected chi connectivity index (χ0v) is 33.0. The van der Waals surface area contributed by atoms with Crippen molar-refractivity contribution in [3.05, 3.63) is 243 Å². The molecular weight excluding hydrogens is 725 g/mol. The first-order valence-electron chi connectivity index (χ1n) is 20.6. The predicted octanol–water partition coefficient (Wildman–Crippen LogP) is 16.1. The summed E-state index contributed by atoms with van der Waals surface area (Å²) in [6.45, 7) is 0. The van der Waals surface area contributed by atoms with Gasteiger partial charge in [-0.05, 0) is 122 Å². The van der Waals surface area contributed by atoms with Gasteiger partial charge in [-0.1, -0.05) is 176 Å². The first-order valence-corrected chi connectivity index (χ1v) is 20.6. The van der Waals surface area contributed by atoms with Crippen LogP contribution in [-0.4, -0.2) is 4.57 Å². The number of hydrogen-bond acceptors (Lipinski definition) is 1. The minimum Gasteiger partial charge on any atom is -0.310 e. The third kappa shape index (κ3) is 6.41. The highest BCUT2D eigenvalue weighted by molar-refractivity contribution is 6.09. The molecular formula is C58H40N2. The molecule has 60 heavy (non-hydrogen) atoms. The van der Waals surface area contributed by atoms with E-state index in [9.17, 15) is 0 Å². The number of anilines is 3. The second-order valence-corrected chi connectivity index (χ2v) is 15.4. The van der Waals surface area contributed by atoms with Crippen molar-refractivity contribution in [3.8, 4) is 50.2 Å². The first-order chi connectivity index (χ1) is 29.7. The van der Waals surface area contributed by atoms with Crippen LogP contribution in [-0.2, 0) is 0 Å². The predicted molar refractivity (Wildman–Crippen MR) is 255 cm³/mol. The molecule has 0 bridgehead atoms. The van der Waals surface area contributed by atoms with Crippen molar-refractivity contribution in [2.45, 2.75) is 0 Å². The molecule has 0 saturated heterocycles. The molecule has 0 unspecified atom stereocenters. The summed E-state index contributed by atoms with van der Waals surface area (Å²) in [4.78, 5) is 2.39. The molecule has 0 spiro atoms. The molecule has 0 amide bonds. The van der Waals surface area contributed by atoms with Crippen LogP contribution < -0.4 is 4.90 Å². The molecule has 10 aromatic carbocycles. The van der Waals surface area contributed by atoms with Gasteiger partial charge < -0.3 is 9.47 Å². The van der Waals surface area contributed by atoms with Crippen molar-refractivity contribution in [3.63, 3.8) is 0 Å². The van der Waals surface area contributed by atoms with Gasteiger partial charge in [-0.25, -0.2) is 0 Å². The van der Waals surface area contributed by atoms with E-state index in [0.29, 0.717) is 0 Å². The van der Waals surface area contributed by atoms with Crippen molar-refractivity contribution in [2.24, 2.45) is 0 Å². The molecule has 0 aliphatic heterocycles. The highest BCUT2D eigenvalue weighted by Gasteiger charge is 2.19. The van der Waals surface area contributed by atoms with E-state index in [1.54, 1.807) is 0 Å².